The Bertz CT molecular complexity index is 655. The van der Waals surface area contributed by atoms with Gasteiger partial charge in [0.25, 0.3) is 0 Å². The number of nitrogens with two attached hydrogens (primary N) is 1. The van der Waals surface area contributed by atoms with Crippen molar-refractivity contribution in [3.05, 3.63) is 23.3 Å². The van der Waals surface area contributed by atoms with E-state index < -0.39 is 0 Å². The van der Waals surface area contributed by atoms with Crippen molar-refractivity contribution in [3.8, 4) is 11.5 Å². The number of carbonyl (C=O) groups is 1. The van der Waals surface area contributed by atoms with E-state index in [4.69, 9.17) is 10.2 Å². The second kappa shape index (κ2) is 9.00. The summed E-state index contributed by atoms with van der Waals surface area (Å²) in [4.78, 5) is 19.6. The fraction of sp³-hybridized carbons (Fsp3) is 0.250. The Morgan fingerprint density at radius 3 is 3.00 bits per heavy atom. The largest absolute Gasteiger partial charge is 0.458 e. The van der Waals surface area contributed by atoms with Gasteiger partial charge >= 0.3 is 6.03 Å². The number of amides is 2. The molecule has 2 amide bonds. The van der Waals surface area contributed by atoms with Gasteiger partial charge in [0.15, 0.2) is 10.9 Å². The van der Waals surface area contributed by atoms with Crippen molar-refractivity contribution >= 4 is 63.4 Å². The van der Waals surface area contributed by atoms with Crippen LogP contribution >= 0.6 is 47.1 Å². The summed E-state index contributed by atoms with van der Waals surface area (Å²) >= 11 is 2.75. The highest BCUT2D eigenvalue weighted by Gasteiger charge is 2.09. The molecule has 0 aromatic carbocycles. The van der Waals surface area contributed by atoms with Crippen LogP contribution in [0.25, 0.3) is 11.5 Å². The van der Waals surface area contributed by atoms with Crippen molar-refractivity contribution in [2.45, 2.75) is 6.54 Å². The number of thiazole rings is 1. The molecule has 0 saturated carbocycles. The lowest BCUT2D eigenvalue weighted by atomic mass is 10.3. The molecule has 10 heteroatoms. The molecule has 22 heavy (non-hydrogen) atoms. The van der Waals surface area contributed by atoms with Crippen LogP contribution in [0.15, 0.2) is 26.9 Å². The van der Waals surface area contributed by atoms with Crippen LogP contribution in [0.4, 0.5) is 9.93 Å². The van der Waals surface area contributed by atoms with Gasteiger partial charge in [0, 0.05) is 12.4 Å². The van der Waals surface area contributed by atoms with Crippen LogP contribution in [0, 0.1) is 0 Å². The fourth-order valence-electron chi connectivity index (χ4n) is 1.44. The van der Waals surface area contributed by atoms with Gasteiger partial charge in [-0.05, 0) is 18.4 Å². The minimum absolute atomic E-state index is 0. The second-order valence-electron chi connectivity index (χ2n) is 3.87. The van der Waals surface area contributed by atoms with Gasteiger partial charge in [-0.3, -0.25) is 0 Å². The third-order valence-electron chi connectivity index (χ3n) is 2.47. The fourth-order valence-corrected chi connectivity index (χ4v) is 2.36. The van der Waals surface area contributed by atoms with Crippen molar-refractivity contribution in [1.82, 2.24) is 15.6 Å². The number of amidine groups is 1. The molecular weight excluding hydrogens is 437 g/mol. The van der Waals surface area contributed by atoms with E-state index in [1.807, 2.05) is 11.6 Å². The number of nitrogens with zero attached hydrogens (tertiary/aromatic N) is 2. The molecule has 2 rings (SSSR count). The monoisotopic (exact) mass is 453 g/mol. The Kier molecular flexibility index (Phi) is 7.68. The summed E-state index contributed by atoms with van der Waals surface area (Å²) in [5.74, 6) is 1.28. The summed E-state index contributed by atoms with van der Waals surface area (Å²) in [5.41, 5.74) is 6.34. The van der Waals surface area contributed by atoms with Crippen molar-refractivity contribution < 1.29 is 9.21 Å². The molecule has 0 fully saturated rings. The molecule has 0 aliphatic carbocycles. The second-order valence-corrected chi connectivity index (χ2v) is 5.53. The molecule has 2 heterocycles. The van der Waals surface area contributed by atoms with Gasteiger partial charge in [-0.25, -0.2) is 9.78 Å². The Morgan fingerprint density at radius 2 is 2.32 bits per heavy atom. The standard InChI is InChI=1S/C12H15N5O2S2.HI/c1-14-11(18)15-5-7-3-4-9(19-7)8-6-21-12(16-8)17-10(13)20-2;/h3-4,6H,5H2,1-2H3,(H2,13,16,17)(H2,14,15,18);1H. The van der Waals surface area contributed by atoms with Crippen molar-refractivity contribution in [2.24, 2.45) is 10.7 Å². The smallest absolute Gasteiger partial charge is 0.314 e. The highest BCUT2D eigenvalue weighted by atomic mass is 127. The van der Waals surface area contributed by atoms with Gasteiger partial charge in [0.05, 0.1) is 6.54 Å². The van der Waals surface area contributed by atoms with Gasteiger partial charge in [-0.2, -0.15) is 4.99 Å². The number of urea groups is 1. The Hall–Kier alpha value is -1.27. The average molecular weight is 453 g/mol. The van der Waals surface area contributed by atoms with Crippen LogP contribution in [0.5, 0.6) is 0 Å². The maximum Gasteiger partial charge on any atom is 0.314 e. The molecule has 0 atom stereocenters. The van der Waals surface area contributed by atoms with Crippen LogP contribution in [-0.4, -0.2) is 29.5 Å². The van der Waals surface area contributed by atoms with E-state index in [2.05, 4.69) is 20.6 Å². The third-order valence-corrected chi connectivity index (χ3v) is 3.72. The number of nitrogens with one attached hydrogen (secondary N) is 2. The summed E-state index contributed by atoms with van der Waals surface area (Å²) in [6.45, 7) is 0.314. The topological polar surface area (TPSA) is 106 Å². The first-order valence-corrected chi connectivity index (χ1v) is 8.11. The number of aliphatic imine (C=N–C) groups is 1. The number of halogens is 1. The minimum atomic E-state index is -0.259. The number of thioether (sulfide) groups is 1. The quantitative estimate of drug-likeness (QED) is 0.375. The van der Waals surface area contributed by atoms with Crippen molar-refractivity contribution in [1.29, 1.82) is 0 Å². The lowest BCUT2D eigenvalue weighted by Gasteiger charge is -2.00. The molecule has 0 unspecified atom stereocenters. The summed E-state index contributed by atoms with van der Waals surface area (Å²) in [7, 11) is 1.56. The van der Waals surface area contributed by atoms with Gasteiger partial charge in [-0.15, -0.1) is 35.3 Å². The average Bonchev–Trinajstić information content (AvgIpc) is 3.13. The first-order chi connectivity index (χ1) is 10.1. The van der Waals surface area contributed by atoms with E-state index >= 15 is 0 Å². The number of hydrogen-bond donors (Lipinski definition) is 3. The molecule has 0 spiro atoms. The Balaban J connectivity index is 0.00000242. The lowest BCUT2D eigenvalue weighted by molar-refractivity contribution is 0.241. The molecule has 0 bridgehead atoms. The summed E-state index contributed by atoms with van der Waals surface area (Å²) in [6, 6.07) is 3.34. The number of furan rings is 1. The summed E-state index contributed by atoms with van der Waals surface area (Å²) < 4.78 is 5.63. The molecule has 7 nitrogen and oxygen atoms in total. The van der Waals surface area contributed by atoms with E-state index in [0.29, 0.717) is 34.1 Å². The van der Waals surface area contributed by atoms with Gasteiger partial charge < -0.3 is 20.8 Å². The van der Waals surface area contributed by atoms with Crippen LogP contribution < -0.4 is 16.4 Å². The number of rotatable bonds is 4. The SMILES string of the molecule is CNC(=O)NCc1ccc(-c2csc(N=C(N)SC)n2)o1.I. The van der Waals surface area contributed by atoms with E-state index in [9.17, 15) is 4.79 Å². The highest BCUT2D eigenvalue weighted by molar-refractivity contribution is 14.0. The van der Waals surface area contributed by atoms with Gasteiger partial charge in [0.1, 0.15) is 11.5 Å². The molecule has 4 N–H and O–H groups in total. The molecule has 0 aliphatic rings. The van der Waals surface area contributed by atoms with E-state index in [0.717, 1.165) is 0 Å². The van der Waals surface area contributed by atoms with Crippen LogP contribution in [-0.2, 0) is 6.54 Å². The molecular formula is C12H16IN5O2S2. The predicted octanol–water partition coefficient (Wildman–Crippen LogP) is 2.76. The first kappa shape index (κ1) is 18.8. The maximum atomic E-state index is 11.1. The van der Waals surface area contributed by atoms with Crippen LogP contribution in [0.1, 0.15) is 5.76 Å². The zero-order chi connectivity index (χ0) is 15.2. The molecule has 0 radical (unpaired) electrons. The van der Waals surface area contributed by atoms with Crippen molar-refractivity contribution in [3.63, 3.8) is 0 Å². The molecule has 2 aromatic rings. The van der Waals surface area contributed by atoms with E-state index in [1.54, 1.807) is 19.2 Å². The number of hydrogen-bond acceptors (Lipinski definition) is 6. The molecule has 2 aromatic heterocycles. The van der Waals surface area contributed by atoms with Crippen LogP contribution in [0.2, 0.25) is 0 Å². The zero-order valence-electron chi connectivity index (χ0n) is 12.0. The first-order valence-electron chi connectivity index (χ1n) is 6.00. The van der Waals surface area contributed by atoms with Crippen LogP contribution in [0.3, 0.4) is 0 Å². The number of carbonyl (C=O) groups excluding carboxylic acids is 1. The van der Waals surface area contributed by atoms with Crippen molar-refractivity contribution in [2.75, 3.05) is 13.3 Å². The van der Waals surface area contributed by atoms with Gasteiger partial charge in [-0.1, -0.05) is 11.8 Å². The third kappa shape index (κ3) is 5.18. The maximum absolute atomic E-state index is 11.1. The lowest BCUT2D eigenvalue weighted by Crippen LogP contribution is -2.31. The summed E-state index contributed by atoms with van der Waals surface area (Å²) in [6.07, 6.45) is 1.85. The predicted molar refractivity (Wildman–Crippen MR) is 101 cm³/mol. The Morgan fingerprint density at radius 1 is 1.55 bits per heavy atom. The van der Waals surface area contributed by atoms with E-state index in [1.165, 1.54) is 23.1 Å². The summed E-state index contributed by atoms with van der Waals surface area (Å²) in [5, 5.41) is 8.01. The van der Waals surface area contributed by atoms with E-state index in [-0.39, 0.29) is 30.0 Å². The number of aromatic nitrogens is 1. The van der Waals surface area contributed by atoms with Gasteiger partial charge in [0.2, 0.25) is 5.13 Å². The zero-order valence-corrected chi connectivity index (χ0v) is 15.9. The minimum Gasteiger partial charge on any atom is -0.458 e. The highest BCUT2D eigenvalue weighted by Crippen LogP contribution is 2.28. The normalized spacial score (nSPS) is 10.9. The molecule has 0 saturated heterocycles. The Labute approximate surface area is 153 Å². The molecule has 0 aliphatic heterocycles. The molecule has 120 valence electrons.